The summed E-state index contributed by atoms with van der Waals surface area (Å²) in [6.07, 6.45) is -1.69. The predicted octanol–water partition coefficient (Wildman–Crippen LogP) is 1.60. The molecule has 1 aromatic rings. The van der Waals surface area contributed by atoms with Crippen LogP contribution in [0.15, 0.2) is 24.3 Å². The second kappa shape index (κ2) is 12.9. The molecule has 1 fully saturated rings. The van der Waals surface area contributed by atoms with Crippen molar-refractivity contribution in [3.8, 4) is 0 Å². The zero-order valence-electron chi connectivity index (χ0n) is 16.8. The molecule has 166 valence electrons. The van der Waals surface area contributed by atoms with Crippen LogP contribution in [-0.2, 0) is 16.0 Å². The lowest BCUT2D eigenvalue weighted by Crippen LogP contribution is -2.58. The van der Waals surface area contributed by atoms with Crippen LogP contribution in [0.2, 0.25) is 0 Å². The van der Waals surface area contributed by atoms with E-state index in [9.17, 15) is 15.3 Å². The van der Waals surface area contributed by atoms with Gasteiger partial charge in [-0.05, 0) is 37.0 Å². The van der Waals surface area contributed by atoms with Crippen molar-refractivity contribution >= 4 is 28.9 Å². The van der Waals surface area contributed by atoms with E-state index >= 15 is 0 Å². The smallest absolute Gasteiger partial charge is 0.161 e. The van der Waals surface area contributed by atoms with Crippen molar-refractivity contribution in [1.29, 1.82) is 0 Å². The van der Waals surface area contributed by atoms with Gasteiger partial charge in [0.15, 0.2) is 6.23 Å². The molecule has 0 aliphatic carbocycles. The van der Waals surface area contributed by atoms with Gasteiger partial charge < -0.3 is 25.0 Å². The molecule has 7 nitrogen and oxygen atoms in total. The number of hydroxylamine groups is 2. The van der Waals surface area contributed by atoms with E-state index in [0.717, 1.165) is 38.0 Å². The van der Waals surface area contributed by atoms with E-state index in [-0.39, 0.29) is 6.61 Å². The highest BCUT2D eigenvalue weighted by molar-refractivity contribution is 6.18. The maximum absolute atomic E-state index is 10.1. The summed E-state index contributed by atoms with van der Waals surface area (Å²) in [7, 11) is 1.50. The van der Waals surface area contributed by atoms with Crippen molar-refractivity contribution in [3.05, 3.63) is 29.8 Å². The van der Waals surface area contributed by atoms with Crippen molar-refractivity contribution in [2.45, 2.75) is 43.8 Å². The van der Waals surface area contributed by atoms with E-state index in [1.54, 1.807) is 0 Å². The maximum Gasteiger partial charge on any atom is 0.161 e. The van der Waals surface area contributed by atoms with Gasteiger partial charge in [0.05, 0.1) is 13.7 Å². The number of alkyl halides is 2. The summed E-state index contributed by atoms with van der Waals surface area (Å²) in [5.74, 6) is 1.12. The number of unbranched alkanes of at least 4 members (excludes halogenated alkanes) is 1. The fourth-order valence-electron chi connectivity index (χ4n) is 3.41. The Morgan fingerprint density at radius 3 is 2.24 bits per heavy atom. The van der Waals surface area contributed by atoms with Gasteiger partial charge in [0, 0.05) is 37.1 Å². The molecule has 1 aliphatic heterocycles. The van der Waals surface area contributed by atoms with E-state index in [4.69, 9.17) is 32.8 Å². The molecule has 9 heteroatoms. The third-order valence-corrected chi connectivity index (χ3v) is 5.43. The second-order valence-electron chi connectivity index (χ2n) is 7.08. The summed E-state index contributed by atoms with van der Waals surface area (Å²) in [4.78, 5) is 7.48. The Morgan fingerprint density at radius 2 is 1.66 bits per heavy atom. The Balaban J connectivity index is 1.79. The molecule has 0 bridgehead atoms. The van der Waals surface area contributed by atoms with Crippen molar-refractivity contribution in [2.75, 3.05) is 50.0 Å². The first-order valence-electron chi connectivity index (χ1n) is 9.94. The Kier molecular flexibility index (Phi) is 11.0. The molecule has 0 saturated carbocycles. The van der Waals surface area contributed by atoms with Crippen LogP contribution in [0.25, 0.3) is 0 Å². The second-order valence-corrected chi connectivity index (χ2v) is 7.84. The molecule has 1 heterocycles. The lowest BCUT2D eigenvalue weighted by Gasteiger charge is -2.39. The van der Waals surface area contributed by atoms with Gasteiger partial charge in [0.25, 0.3) is 0 Å². The Hall–Kier alpha value is -0.640. The Morgan fingerprint density at radius 1 is 1.00 bits per heavy atom. The molecule has 0 unspecified atom stereocenters. The number of aliphatic hydroxyl groups excluding tert-OH is 3. The van der Waals surface area contributed by atoms with Crippen LogP contribution in [0.5, 0.6) is 0 Å². The molecule has 4 atom stereocenters. The third kappa shape index (κ3) is 7.22. The molecular formula is C20H32Cl2N2O5. The Labute approximate surface area is 182 Å². The number of hydrogen-bond acceptors (Lipinski definition) is 7. The van der Waals surface area contributed by atoms with Crippen LogP contribution in [0.3, 0.4) is 0 Å². The predicted molar refractivity (Wildman–Crippen MR) is 115 cm³/mol. The van der Waals surface area contributed by atoms with Crippen molar-refractivity contribution in [1.82, 2.24) is 5.06 Å². The van der Waals surface area contributed by atoms with Crippen LogP contribution >= 0.6 is 23.2 Å². The lowest BCUT2D eigenvalue weighted by molar-refractivity contribution is -0.306. The van der Waals surface area contributed by atoms with Crippen LogP contribution < -0.4 is 4.90 Å². The molecule has 0 spiro atoms. The fraction of sp³-hybridized carbons (Fsp3) is 0.700. The van der Waals surface area contributed by atoms with Gasteiger partial charge in [-0.15, -0.1) is 23.2 Å². The zero-order chi connectivity index (χ0) is 21.2. The molecule has 0 amide bonds. The van der Waals surface area contributed by atoms with E-state index in [1.807, 2.05) is 0 Å². The molecule has 0 radical (unpaired) electrons. The number of anilines is 1. The van der Waals surface area contributed by atoms with Gasteiger partial charge >= 0.3 is 0 Å². The van der Waals surface area contributed by atoms with Gasteiger partial charge in [-0.3, -0.25) is 4.84 Å². The first-order chi connectivity index (χ1) is 14.0. The molecule has 29 heavy (non-hydrogen) atoms. The molecule has 0 aromatic heterocycles. The van der Waals surface area contributed by atoms with Crippen LogP contribution in [0, 0.1) is 0 Å². The van der Waals surface area contributed by atoms with Crippen molar-refractivity contribution in [2.24, 2.45) is 0 Å². The van der Waals surface area contributed by atoms with E-state index in [1.165, 1.54) is 17.7 Å². The van der Waals surface area contributed by atoms with E-state index in [2.05, 4.69) is 29.2 Å². The van der Waals surface area contributed by atoms with Crippen molar-refractivity contribution < 1.29 is 24.9 Å². The van der Waals surface area contributed by atoms with Crippen LogP contribution in [-0.4, -0.2) is 90.0 Å². The van der Waals surface area contributed by atoms with Crippen molar-refractivity contribution in [3.63, 3.8) is 0 Å². The number of hydrogen-bond donors (Lipinski definition) is 3. The summed E-state index contributed by atoms with van der Waals surface area (Å²) < 4.78 is 5.43. The molecule has 3 N–H and O–H groups in total. The number of aryl methyl sites for hydroxylation is 1. The summed E-state index contributed by atoms with van der Waals surface area (Å²) in [5, 5.41) is 31.0. The number of ether oxygens (including phenoxy) is 1. The highest BCUT2D eigenvalue weighted by Crippen LogP contribution is 2.20. The normalized spacial score (nSPS) is 24.8. The third-order valence-electron chi connectivity index (χ3n) is 5.10. The molecular weight excluding hydrogens is 419 g/mol. The minimum atomic E-state index is -1.25. The van der Waals surface area contributed by atoms with E-state index < -0.39 is 24.5 Å². The highest BCUT2D eigenvalue weighted by atomic mass is 35.5. The van der Waals surface area contributed by atoms with Gasteiger partial charge in [-0.1, -0.05) is 12.1 Å². The summed E-state index contributed by atoms with van der Waals surface area (Å²) in [5.41, 5.74) is 2.35. The average molecular weight is 451 g/mol. The topological polar surface area (TPSA) is 85.6 Å². The first kappa shape index (κ1) is 24.6. The lowest BCUT2D eigenvalue weighted by atomic mass is 10.0. The largest absolute Gasteiger partial charge is 0.388 e. The maximum atomic E-state index is 10.1. The minimum Gasteiger partial charge on any atom is -0.388 e. The van der Waals surface area contributed by atoms with Gasteiger partial charge in [0.1, 0.15) is 18.3 Å². The quantitative estimate of drug-likeness (QED) is 0.253. The monoisotopic (exact) mass is 450 g/mol. The number of halogens is 2. The fourth-order valence-corrected chi connectivity index (χ4v) is 3.82. The standard InChI is InChI=1S/C20H32Cl2N2O5/c1-28-24(20-19(27)18(26)17(25)14-29-20)11-3-2-4-15-5-7-16(8-6-15)23(12-9-21)13-10-22/h5-8,17-20,25-27H,2-4,9-14H2,1H3/t17-,18+,19-,20-/m1/s1. The number of rotatable bonds is 12. The van der Waals surface area contributed by atoms with Crippen LogP contribution in [0.4, 0.5) is 5.69 Å². The zero-order valence-corrected chi connectivity index (χ0v) is 18.3. The minimum absolute atomic E-state index is 0.0421. The first-order valence-corrected chi connectivity index (χ1v) is 11.0. The number of nitrogens with zero attached hydrogens (tertiary/aromatic N) is 2. The summed E-state index contributed by atoms with van der Waals surface area (Å²) in [6.45, 7) is 2.03. The Bertz CT molecular complexity index is 574. The number of benzene rings is 1. The molecule has 2 rings (SSSR count). The summed E-state index contributed by atoms with van der Waals surface area (Å²) in [6, 6.07) is 8.42. The highest BCUT2D eigenvalue weighted by Gasteiger charge is 2.40. The number of aliphatic hydroxyl groups is 3. The van der Waals surface area contributed by atoms with E-state index in [0.29, 0.717) is 18.3 Å². The average Bonchev–Trinajstić information content (AvgIpc) is 2.73. The van der Waals surface area contributed by atoms with Gasteiger partial charge in [-0.2, -0.15) is 5.06 Å². The van der Waals surface area contributed by atoms with Gasteiger partial charge in [-0.25, -0.2) is 0 Å². The van der Waals surface area contributed by atoms with Crippen LogP contribution in [0.1, 0.15) is 18.4 Å². The SMILES string of the molecule is CON(CCCCc1ccc(N(CCCl)CCCl)cc1)[C@@H]1OC[C@@H](O)[C@H](O)[C@H]1O. The van der Waals surface area contributed by atoms with Gasteiger partial charge in [0.2, 0.25) is 0 Å². The summed E-state index contributed by atoms with van der Waals surface area (Å²) >= 11 is 11.7. The molecule has 1 aromatic carbocycles. The molecule has 1 aliphatic rings. The molecule has 1 saturated heterocycles.